The Balaban J connectivity index is 0.000000182. The summed E-state index contributed by atoms with van der Waals surface area (Å²) in [5, 5.41) is 2.00. The van der Waals surface area contributed by atoms with Gasteiger partial charge in [0.2, 0.25) is 0 Å². The molecule has 0 N–H and O–H groups in total. The van der Waals surface area contributed by atoms with Crippen LogP contribution in [0.15, 0.2) is 144 Å². The van der Waals surface area contributed by atoms with Crippen molar-refractivity contribution < 1.29 is 28.9 Å². The van der Waals surface area contributed by atoms with Crippen LogP contribution in [0.1, 0.15) is 25.3 Å². The van der Waals surface area contributed by atoms with Gasteiger partial charge in [-0.15, -0.1) is 18.2 Å². The summed E-state index contributed by atoms with van der Waals surface area (Å²) >= 11 is -1.78. The molecule has 0 saturated carbocycles. The number of benzene rings is 5. The number of furan rings is 1. The van der Waals surface area contributed by atoms with E-state index < -0.39 is 13.3 Å². The maximum atomic E-state index is 14.2. The first kappa shape index (κ1) is 37.1. The predicted molar refractivity (Wildman–Crippen MR) is 212 cm³/mol. The van der Waals surface area contributed by atoms with Crippen molar-refractivity contribution in [2.45, 2.75) is 37.0 Å². The van der Waals surface area contributed by atoms with Crippen molar-refractivity contribution in [1.29, 1.82) is 0 Å². The molecule has 52 heavy (non-hydrogen) atoms. The number of rotatable bonds is 6. The second-order valence-corrected chi connectivity index (χ2v) is 24.7. The average Bonchev–Trinajstić information content (AvgIpc) is 3.54. The van der Waals surface area contributed by atoms with Crippen LogP contribution in [0.4, 0.5) is 4.39 Å². The van der Waals surface area contributed by atoms with Crippen molar-refractivity contribution >= 4 is 39.6 Å². The topological polar surface area (TPSA) is 38.9 Å². The molecule has 0 unspecified atom stereocenters. The van der Waals surface area contributed by atoms with Crippen LogP contribution in [0.3, 0.4) is 0 Å². The fourth-order valence-electron chi connectivity index (χ4n) is 6.13. The summed E-state index contributed by atoms with van der Waals surface area (Å²) in [6, 6.07) is 48.3. The zero-order chi connectivity index (χ0) is 35.5. The van der Waals surface area contributed by atoms with E-state index in [2.05, 4.69) is 108 Å². The molecule has 1 radical (unpaired) electrons. The van der Waals surface area contributed by atoms with E-state index in [1.807, 2.05) is 67.0 Å². The third-order valence-electron chi connectivity index (χ3n) is 9.15. The van der Waals surface area contributed by atoms with Crippen LogP contribution in [-0.4, -0.2) is 23.2 Å². The molecule has 8 rings (SSSR count). The van der Waals surface area contributed by atoms with Crippen molar-refractivity contribution in [3.63, 3.8) is 0 Å². The molecule has 0 aliphatic heterocycles. The first-order valence-corrected chi connectivity index (χ1v) is 24.6. The number of nitrogens with zero attached hydrogens (tertiary/aromatic N) is 2. The Morgan fingerprint density at radius 1 is 0.692 bits per heavy atom. The van der Waals surface area contributed by atoms with E-state index >= 15 is 0 Å². The van der Waals surface area contributed by atoms with E-state index in [4.69, 9.17) is 4.42 Å². The Morgan fingerprint density at radius 3 is 2.15 bits per heavy atom. The van der Waals surface area contributed by atoms with Crippen LogP contribution in [0, 0.1) is 17.9 Å². The van der Waals surface area contributed by atoms with Gasteiger partial charge in [0.05, 0.1) is 5.58 Å². The van der Waals surface area contributed by atoms with Crippen LogP contribution in [0.5, 0.6) is 0 Å². The van der Waals surface area contributed by atoms with Gasteiger partial charge in [0.25, 0.3) is 0 Å². The minimum atomic E-state index is -1.78. The van der Waals surface area contributed by atoms with Crippen LogP contribution in [0.2, 0.25) is 17.3 Å². The predicted octanol–water partition coefficient (Wildman–Crippen LogP) is 12.1. The molecule has 0 bridgehead atoms. The van der Waals surface area contributed by atoms with Crippen molar-refractivity contribution in [2.75, 3.05) is 0 Å². The van der Waals surface area contributed by atoms with Gasteiger partial charge in [0.1, 0.15) is 11.4 Å². The Kier molecular flexibility index (Phi) is 11.4. The Labute approximate surface area is 321 Å². The van der Waals surface area contributed by atoms with Gasteiger partial charge in [-0.25, -0.2) is 4.39 Å². The summed E-state index contributed by atoms with van der Waals surface area (Å²) in [5.41, 5.74) is 10.2. The molecule has 0 fully saturated rings. The number of pyridine rings is 2. The van der Waals surface area contributed by atoms with Crippen molar-refractivity contribution in [1.82, 2.24) is 9.97 Å². The van der Waals surface area contributed by atoms with E-state index in [-0.39, 0.29) is 25.9 Å². The Hall–Kier alpha value is -4.68. The van der Waals surface area contributed by atoms with Gasteiger partial charge in [0, 0.05) is 37.3 Å². The van der Waals surface area contributed by atoms with E-state index in [1.54, 1.807) is 12.1 Å². The molecule has 3 nitrogen and oxygen atoms in total. The third kappa shape index (κ3) is 8.03. The smallest absolute Gasteiger partial charge is 0 e. The zero-order valence-electron chi connectivity index (χ0n) is 29.9. The molecule has 8 aromatic rings. The molecule has 0 aliphatic carbocycles. The minimum Gasteiger partial charge on any atom is 0 e. The van der Waals surface area contributed by atoms with Gasteiger partial charge in [-0.1, -0.05) is 66.8 Å². The van der Waals surface area contributed by atoms with Crippen LogP contribution in [0.25, 0.3) is 66.7 Å². The molecule has 0 aliphatic rings. The standard InChI is InChI=1S/C26H19FNO.C20H20GeN.Ir/c1-16(2)17-12-13-28-24(14-17)22-8-5-7-21-20-11-10-18(15-25(20)29-26(21)22)19-6-3-4-9-23(19)27;1-21(2,3)19-13-14-20(22-15-19)18-11-9-17(10-12-18)16-7-5-4-6-8-16;/h3-7,9-16H,1-2H3;4-11,13-15H,1-3H3;/q2*-1;. The fraction of sp³-hybridized carbons (Fsp3) is 0.130. The van der Waals surface area contributed by atoms with Gasteiger partial charge >= 0.3 is 135 Å². The summed E-state index contributed by atoms with van der Waals surface area (Å²) in [6.07, 6.45) is 3.88. The SMILES string of the molecule is CC(C)c1ccnc(-c2[c-]ccc3c2oc2cc(-c4ccccc4F)ccc23)c1.[CH3][Ge]([CH3])([CH3])[c]1ccc(-c2[c-]cc(-c3ccccc3)cc2)nc1.[Ir]. The molecule has 3 heterocycles. The summed E-state index contributed by atoms with van der Waals surface area (Å²) < 4.78 is 21.9. The largest absolute Gasteiger partial charge is 0 e. The molecule has 0 saturated heterocycles. The number of halogens is 1. The Morgan fingerprint density at radius 2 is 1.46 bits per heavy atom. The van der Waals surface area contributed by atoms with Crippen molar-refractivity contribution in [3.8, 4) is 44.8 Å². The first-order valence-electron chi connectivity index (χ1n) is 17.3. The normalized spacial score (nSPS) is 11.3. The third-order valence-corrected chi connectivity index (χ3v) is 13.4. The fourth-order valence-corrected chi connectivity index (χ4v) is 8.30. The zero-order valence-corrected chi connectivity index (χ0v) is 34.4. The first-order chi connectivity index (χ1) is 24.7. The molecule has 6 heteroatoms. The van der Waals surface area contributed by atoms with Gasteiger partial charge in [0.15, 0.2) is 0 Å². The summed E-state index contributed by atoms with van der Waals surface area (Å²) in [7, 11) is 0. The van der Waals surface area contributed by atoms with Gasteiger partial charge < -0.3 is 9.40 Å². The minimum absolute atomic E-state index is 0. The van der Waals surface area contributed by atoms with E-state index in [1.165, 1.54) is 27.2 Å². The van der Waals surface area contributed by atoms with Crippen LogP contribution < -0.4 is 4.40 Å². The number of hydrogen-bond donors (Lipinski definition) is 0. The maximum absolute atomic E-state index is 14.2. The second kappa shape index (κ2) is 15.9. The quantitative estimate of drug-likeness (QED) is 0.123. The molecule has 261 valence electrons. The maximum Gasteiger partial charge on any atom is 0 e. The number of fused-ring (bicyclic) bond motifs is 3. The van der Waals surface area contributed by atoms with Crippen LogP contribution in [-0.2, 0) is 20.1 Å². The monoisotopic (exact) mass is 921 g/mol. The molecule has 0 atom stereocenters. The summed E-state index contributed by atoms with van der Waals surface area (Å²) in [5.74, 6) is 7.33. The summed E-state index contributed by atoms with van der Waals surface area (Å²) in [4.78, 5) is 9.18. The summed E-state index contributed by atoms with van der Waals surface area (Å²) in [6.45, 7) is 4.32. The van der Waals surface area contributed by atoms with Gasteiger partial charge in [-0.3, -0.25) is 0 Å². The molecule has 0 spiro atoms. The van der Waals surface area contributed by atoms with E-state index in [0.29, 0.717) is 11.5 Å². The van der Waals surface area contributed by atoms with E-state index in [9.17, 15) is 4.39 Å². The van der Waals surface area contributed by atoms with Gasteiger partial charge in [-0.2, -0.15) is 0 Å². The van der Waals surface area contributed by atoms with E-state index in [0.717, 1.165) is 50.0 Å². The van der Waals surface area contributed by atoms with Gasteiger partial charge in [-0.05, 0) is 35.4 Å². The number of hydrogen-bond acceptors (Lipinski definition) is 3. The number of aromatic nitrogens is 2. The second-order valence-electron chi connectivity index (χ2n) is 14.1. The Bertz CT molecular complexity index is 2430. The molecular formula is C46H39FGeIrN2O-2. The molecule has 5 aromatic carbocycles. The molecular weight excluding hydrogens is 880 g/mol. The molecule has 0 amide bonds. The van der Waals surface area contributed by atoms with Crippen LogP contribution >= 0.6 is 0 Å². The van der Waals surface area contributed by atoms with Crippen molar-refractivity contribution in [2.24, 2.45) is 0 Å². The van der Waals surface area contributed by atoms with Crippen molar-refractivity contribution in [3.05, 3.63) is 163 Å². The molecule has 3 aromatic heterocycles. The average molecular weight is 920 g/mol.